The number of likely N-dealkylation sites (tertiary alicyclic amines) is 1. The van der Waals surface area contributed by atoms with E-state index < -0.39 is 5.41 Å². The number of piperidine rings is 1. The van der Waals surface area contributed by atoms with Crippen molar-refractivity contribution in [1.82, 2.24) is 15.5 Å². The molecule has 0 aromatic heterocycles. The molecule has 162 valence electrons. The lowest BCUT2D eigenvalue weighted by Gasteiger charge is -2.41. The van der Waals surface area contributed by atoms with Gasteiger partial charge in [0.15, 0.2) is 6.19 Å². The number of carbonyl (C=O) groups is 1. The van der Waals surface area contributed by atoms with Crippen LogP contribution < -0.4 is 10.6 Å². The molecule has 1 amide bonds. The normalized spacial score (nSPS) is 16.0. The van der Waals surface area contributed by atoms with Crippen LogP contribution in [0.2, 0.25) is 0 Å². The molecule has 0 saturated carbocycles. The lowest BCUT2D eigenvalue weighted by molar-refractivity contribution is -0.128. The van der Waals surface area contributed by atoms with E-state index in [1.54, 1.807) is 12.1 Å². The van der Waals surface area contributed by atoms with E-state index in [2.05, 4.69) is 15.6 Å². The Hall–Kier alpha value is -3.40. The second kappa shape index (κ2) is 10.1. The summed E-state index contributed by atoms with van der Waals surface area (Å²) in [7, 11) is 0. The number of nitrogens with zero attached hydrogens (tertiary/aromatic N) is 3. The minimum Gasteiger partial charge on any atom is -0.351 e. The van der Waals surface area contributed by atoms with Gasteiger partial charge in [0.1, 0.15) is 5.82 Å². The zero-order valence-corrected chi connectivity index (χ0v) is 17.9. The quantitative estimate of drug-likeness (QED) is 0.336. The summed E-state index contributed by atoms with van der Waals surface area (Å²) in [4.78, 5) is 20.0. The van der Waals surface area contributed by atoms with Crippen molar-refractivity contribution in [2.45, 2.75) is 44.7 Å². The molecular formula is C24H28FN5O. The van der Waals surface area contributed by atoms with Crippen molar-refractivity contribution >= 4 is 11.9 Å². The fourth-order valence-electron chi connectivity index (χ4n) is 3.95. The first-order chi connectivity index (χ1) is 14.9. The van der Waals surface area contributed by atoms with Crippen molar-refractivity contribution in [1.29, 1.82) is 5.26 Å². The van der Waals surface area contributed by atoms with Gasteiger partial charge < -0.3 is 10.2 Å². The fourth-order valence-corrected chi connectivity index (χ4v) is 3.95. The van der Waals surface area contributed by atoms with Crippen molar-refractivity contribution in [3.05, 3.63) is 71.5 Å². The van der Waals surface area contributed by atoms with Crippen LogP contribution in [0.4, 0.5) is 4.39 Å². The SMILES string of the molecule is CC(C)N=C(NC#N)N1CCC(C(=O)NCc2ccc(F)cc2)(c2ccccc2)CC1. The summed E-state index contributed by atoms with van der Waals surface area (Å²) in [5.41, 5.74) is 1.15. The zero-order valence-electron chi connectivity index (χ0n) is 17.9. The number of aliphatic imine (C=N–C) groups is 1. The van der Waals surface area contributed by atoms with E-state index in [9.17, 15) is 9.18 Å². The van der Waals surface area contributed by atoms with Gasteiger partial charge in [-0.1, -0.05) is 42.5 Å². The summed E-state index contributed by atoms with van der Waals surface area (Å²) in [5, 5.41) is 14.8. The summed E-state index contributed by atoms with van der Waals surface area (Å²) in [6, 6.07) is 16.0. The van der Waals surface area contributed by atoms with Gasteiger partial charge in [-0.3, -0.25) is 10.1 Å². The van der Waals surface area contributed by atoms with Crippen molar-refractivity contribution in [3.8, 4) is 6.19 Å². The average Bonchev–Trinajstić information content (AvgIpc) is 2.78. The zero-order chi connectivity index (χ0) is 22.3. The maximum absolute atomic E-state index is 13.4. The van der Waals surface area contributed by atoms with E-state index in [0.29, 0.717) is 38.4 Å². The fraction of sp³-hybridized carbons (Fsp3) is 0.375. The van der Waals surface area contributed by atoms with Crippen LogP contribution >= 0.6 is 0 Å². The van der Waals surface area contributed by atoms with E-state index >= 15 is 0 Å². The number of nitriles is 1. The molecule has 6 nitrogen and oxygen atoms in total. The molecule has 7 heteroatoms. The maximum atomic E-state index is 13.4. The van der Waals surface area contributed by atoms with Gasteiger partial charge >= 0.3 is 0 Å². The number of hydrogen-bond donors (Lipinski definition) is 2. The third-order valence-electron chi connectivity index (χ3n) is 5.59. The van der Waals surface area contributed by atoms with Gasteiger partial charge in [0.25, 0.3) is 0 Å². The van der Waals surface area contributed by atoms with Gasteiger partial charge in [0, 0.05) is 25.7 Å². The minimum atomic E-state index is -0.673. The number of carbonyl (C=O) groups excluding carboxylic acids is 1. The molecule has 1 aliphatic rings. The standard InChI is InChI=1S/C24H28FN5O/c1-18(2)29-23(28-17-26)30-14-12-24(13-15-30,20-6-4-3-5-7-20)22(31)27-16-19-8-10-21(25)11-9-19/h3-11,18H,12-16H2,1-2H3,(H,27,31)(H,28,29). The highest BCUT2D eigenvalue weighted by molar-refractivity contribution is 5.89. The Morgan fingerprint density at radius 2 is 1.81 bits per heavy atom. The molecule has 0 spiro atoms. The van der Waals surface area contributed by atoms with Crippen molar-refractivity contribution < 1.29 is 9.18 Å². The first-order valence-corrected chi connectivity index (χ1v) is 10.5. The highest BCUT2D eigenvalue weighted by Crippen LogP contribution is 2.36. The monoisotopic (exact) mass is 421 g/mol. The van der Waals surface area contributed by atoms with Gasteiger partial charge in [0.05, 0.1) is 5.41 Å². The van der Waals surface area contributed by atoms with Crippen molar-refractivity contribution in [2.24, 2.45) is 4.99 Å². The van der Waals surface area contributed by atoms with Crippen LogP contribution in [0, 0.1) is 17.3 Å². The number of nitrogens with one attached hydrogen (secondary N) is 2. The van der Waals surface area contributed by atoms with E-state index in [4.69, 9.17) is 5.26 Å². The molecule has 0 unspecified atom stereocenters. The van der Waals surface area contributed by atoms with Crippen LogP contribution in [0.3, 0.4) is 0 Å². The molecule has 1 fully saturated rings. The van der Waals surface area contributed by atoms with Gasteiger partial charge in [-0.25, -0.2) is 9.38 Å². The van der Waals surface area contributed by atoms with Crippen LogP contribution in [0.1, 0.15) is 37.8 Å². The molecule has 0 aliphatic carbocycles. The third kappa shape index (κ3) is 5.40. The second-order valence-corrected chi connectivity index (χ2v) is 8.03. The van der Waals surface area contributed by atoms with Crippen molar-refractivity contribution in [2.75, 3.05) is 13.1 Å². The number of halogens is 1. The molecular weight excluding hydrogens is 393 g/mol. The average molecular weight is 422 g/mol. The number of hydrogen-bond acceptors (Lipinski definition) is 3. The highest BCUT2D eigenvalue weighted by atomic mass is 19.1. The lowest BCUT2D eigenvalue weighted by atomic mass is 9.72. The Morgan fingerprint density at radius 1 is 1.16 bits per heavy atom. The van der Waals surface area contributed by atoms with Crippen molar-refractivity contribution in [3.63, 3.8) is 0 Å². The predicted octanol–water partition coefficient (Wildman–Crippen LogP) is 3.31. The molecule has 0 bridgehead atoms. The van der Waals surface area contributed by atoms with E-state index in [-0.39, 0.29) is 17.8 Å². The first kappa shape index (κ1) is 22.3. The summed E-state index contributed by atoms with van der Waals surface area (Å²) < 4.78 is 13.2. The van der Waals surface area contributed by atoms with Crippen LogP contribution in [0.5, 0.6) is 0 Å². The number of rotatable bonds is 5. The Bertz CT molecular complexity index is 942. The molecule has 0 radical (unpaired) electrons. The molecule has 1 heterocycles. The Balaban J connectivity index is 1.79. The summed E-state index contributed by atoms with van der Waals surface area (Å²) in [6.07, 6.45) is 3.15. The van der Waals surface area contributed by atoms with Crippen LogP contribution in [-0.4, -0.2) is 35.9 Å². The van der Waals surface area contributed by atoms with Gasteiger partial charge in [-0.15, -0.1) is 0 Å². The summed E-state index contributed by atoms with van der Waals surface area (Å²) >= 11 is 0. The summed E-state index contributed by atoms with van der Waals surface area (Å²) in [6.45, 7) is 5.45. The molecule has 1 saturated heterocycles. The number of benzene rings is 2. The van der Waals surface area contributed by atoms with E-state index in [1.807, 2.05) is 55.3 Å². The molecule has 3 rings (SSSR count). The minimum absolute atomic E-state index is 0.0433. The smallest absolute Gasteiger partial charge is 0.231 e. The first-order valence-electron chi connectivity index (χ1n) is 10.5. The predicted molar refractivity (Wildman–Crippen MR) is 118 cm³/mol. The van der Waals surface area contributed by atoms with Gasteiger partial charge in [-0.2, -0.15) is 5.26 Å². The van der Waals surface area contributed by atoms with Crippen LogP contribution in [0.25, 0.3) is 0 Å². The highest BCUT2D eigenvalue weighted by Gasteiger charge is 2.43. The molecule has 2 aromatic rings. The van der Waals surface area contributed by atoms with Gasteiger partial charge in [0.2, 0.25) is 11.9 Å². The maximum Gasteiger partial charge on any atom is 0.231 e. The topological polar surface area (TPSA) is 80.5 Å². The molecule has 2 N–H and O–H groups in total. The lowest BCUT2D eigenvalue weighted by Crippen LogP contribution is -2.54. The van der Waals surface area contributed by atoms with Gasteiger partial charge in [-0.05, 0) is 49.9 Å². The Morgan fingerprint density at radius 3 is 2.39 bits per heavy atom. The largest absolute Gasteiger partial charge is 0.351 e. The second-order valence-electron chi connectivity index (χ2n) is 8.03. The Labute approximate surface area is 182 Å². The number of guanidine groups is 1. The molecule has 0 atom stereocenters. The summed E-state index contributed by atoms with van der Waals surface area (Å²) in [5.74, 6) is 0.206. The third-order valence-corrected chi connectivity index (χ3v) is 5.59. The molecule has 1 aliphatic heterocycles. The van der Waals surface area contributed by atoms with Crippen LogP contribution in [0.15, 0.2) is 59.6 Å². The van der Waals surface area contributed by atoms with E-state index in [1.165, 1.54) is 12.1 Å². The molecule has 31 heavy (non-hydrogen) atoms. The van der Waals surface area contributed by atoms with Crippen LogP contribution in [-0.2, 0) is 16.8 Å². The van der Waals surface area contributed by atoms with E-state index in [0.717, 1.165) is 11.1 Å². The Kier molecular flexibility index (Phi) is 7.24. The number of amides is 1. The molecule has 2 aromatic carbocycles.